The molecule has 9 heteroatoms. The Morgan fingerprint density at radius 1 is 1.16 bits per heavy atom. The van der Waals surface area contributed by atoms with Crippen LogP contribution in [-0.4, -0.2) is 63.1 Å². The van der Waals surface area contributed by atoms with E-state index >= 15 is 0 Å². The molecule has 166 valence electrons. The number of anilines is 3. The van der Waals surface area contributed by atoms with Crippen molar-refractivity contribution in [3.63, 3.8) is 0 Å². The van der Waals surface area contributed by atoms with Crippen molar-refractivity contribution in [1.29, 1.82) is 0 Å². The minimum atomic E-state index is 0.369. The van der Waals surface area contributed by atoms with Crippen molar-refractivity contribution in [2.45, 2.75) is 53.2 Å². The smallest absolute Gasteiger partial charge is 0.228 e. The lowest BCUT2D eigenvalue weighted by Crippen LogP contribution is -2.54. The van der Waals surface area contributed by atoms with Crippen LogP contribution in [0.15, 0.2) is 18.3 Å². The second-order valence-corrected chi connectivity index (χ2v) is 8.29. The molecule has 2 atom stereocenters. The fraction of sp³-hybridized carbons (Fsp3) is 0.545. The van der Waals surface area contributed by atoms with Crippen LogP contribution in [0.4, 0.5) is 17.6 Å². The third kappa shape index (κ3) is 4.77. The van der Waals surface area contributed by atoms with E-state index in [0.29, 0.717) is 37.7 Å². The predicted octanol–water partition coefficient (Wildman–Crippen LogP) is 2.80. The average Bonchev–Trinajstić information content (AvgIpc) is 3.05. The number of rotatable bonds is 7. The number of nitrogens with one attached hydrogen (secondary N) is 2. The van der Waals surface area contributed by atoms with Gasteiger partial charge in [-0.2, -0.15) is 10.1 Å². The normalized spacial score (nSPS) is 19.2. The molecule has 1 aliphatic rings. The summed E-state index contributed by atoms with van der Waals surface area (Å²) in [6.45, 7) is 14.0. The number of ether oxygens (including phenoxy) is 1. The zero-order chi connectivity index (χ0) is 22.0. The Morgan fingerprint density at radius 2 is 1.94 bits per heavy atom. The van der Waals surface area contributed by atoms with Gasteiger partial charge in [-0.05, 0) is 46.2 Å². The van der Waals surface area contributed by atoms with E-state index in [1.165, 1.54) is 0 Å². The number of pyridine rings is 1. The third-order valence-corrected chi connectivity index (χ3v) is 5.39. The van der Waals surface area contributed by atoms with Crippen molar-refractivity contribution in [2.75, 3.05) is 36.5 Å². The maximum absolute atomic E-state index is 5.56. The second kappa shape index (κ2) is 9.15. The first-order chi connectivity index (χ1) is 14.9. The Labute approximate surface area is 183 Å². The van der Waals surface area contributed by atoms with Crippen molar-refractivity contribution >= 4 is 28.6 Å². The van der Waals surface area contributed by atoms with Gasteiger partial charge in [-0.3, -0.25) is 4.68 Å². The van der Waals surface area contributed by atoms with Crippen LogP contribution in [0.2, 0.25) is 0 Å². The molecule has 0 bridgehead atoms. The molecule has 0 aliphatic carbocycles. The van der Waals surface area contributed by atoms with Gasteiger partial charge in [0.25, 0.3) is 0 Å². The molecule has 0 spiro atoms. The van der Waals surface area contributed by atoms with E-state index in [2.05, 4.69) is 34.4 Å². The highest BCUT2D eigenvalue weighted by atomic mass is 16.5. The molecule has 1 saturated heterocycles. The highest BCUT2D eigenvalue weighted by Crippen LogP contribution is 2.28. The van der Waals surface area contributed by atoms with Crippen molar-refractivity contribution < 1.29 is 4.74 Å². The first-order valence-electron chi connectivity index (χ1n) is 11.0. The SMILES string of the molecule is CCOCCn1nc(C)c2nc(N3C[C@@H](C)N[C@@H](C)C3)nc(Nc3ccc(C)cn3)c21. The molecule has 1 fully saturated rings. The lowest BCUT2D eigenvalue weighted by molar-refractivity contribution is 0.137. The average molecular weight is 425 g/mol. The molecule has 0 saturated carbocycles. The fourth-order valence-electron chi connectivity index (χ4n) is 4.06. The van der Waals surface area contributed by atoms with Gasteiger partial charge in [-0.1, -0.05) is 6.07 Å². The number of hydrogen-bond acceptors (Lipinski definition) is 8. The summed E-state index contributed by atoms with van der Waals surface area (Å²) in [6.07, 6.45) is 1.85. The van der Waals surface area contributed by atoms with Crippen LogP contribution in [0.3, 0.4) is 0 Å². The molecule has 0 amide bonds. The molecule has 31 heavy (non-hydrogen) atoms. The number of piperazine rings is 1. The van der Waals surface area contributed by atoms with Crippen LogP contribution in [-0.2, 0) is 11.3 Å². The third-order valence-electron chi connectivity index (χ3n) is 5.39. The summed E-state index contributed by atoms with van der Waals surface area (Å²) in [5, 5.41) is 11.7. The zero-order valence-corrected chi connectivity index (χ0v) is 19.0. The molecule has 3 aromatic heterocycles. The van der Waals surface area contributed by atoms with Gasteiger partial charge in [-0.25, -0.2) is 9.97 Å². The molecule has 3 aromatic rings. The zero-order valence-electron chi connectivity index (χ0n) is 19.0. The van der Waals surface area contributed by atoms with E-state index in [4.69, 9.17) is 19.8 Å². The van der Waals surface area contributed by atoms with E-state index in [0.717, 1.165) is 47.1 Å². The molecule has 9 nitrogen and oxygen atoms in total. The summed E-state index contributed by atoms with van der Waals surface area (Å²) in [5.74, 6) is 2.18. The number of aromatic nitrogens is 5. The van der Waals surface area contributed by atoms with E-state index in [1.807, 2.05) is 43.8 Å². The Balaban J connectivity index is 1.78. The van der Waals surface area contributed by atoms with Gasteiger partial charge in [0.2, 0.25) is 5.95 Å². The van der Waals surface area contributed by atoms with Crippen LogP contribution < -0.4 is 15.5 Å². The monoisotopic (exact) mass is 424 g/mol. The molecule has 4 heterocycles. The van der Waals surface area contributed by atoms with E-state index in [-0.39, 0.29) is 0 Å². The minimum Gasteiger partial charge on any atom is -0.380 e. The topological polar surface area (TPSA) is 93.0 Å². The summed E-state index contributed by atoms with van der Waals surface area (Å²) in [5.41, 5.74) is 3.72. The largest absolute Gasteiger partial charge is 0.380 e. The van der Waals surface area contributed by atoms with Gasteiger partial charge in [0, 0.05) is 38.0 Å². The number of aryl methyl sites for hydroxylation is 2. The molecule has 1 aliphatic heterocycles. The summed E-state index contributed by atoms with van der Waals surface area (Å²) >= 11 is 0. The van der Waals surface area contributed by atoms with Gasteiger partial charge in [0.15, 0.2) is 5.82 Å². The predicted molar refractivity (Wildman–Crippen MR) is 123 cm³/mol. The van der Waals surface area contributed by atoms with Crippen LogP contribution in [0, 0.1) is 13.8 Å². The van der Waals surface area contributed by atoms with Gasteiger partial charge >= 0.3 is 0 Å². The maximum atomic E-state index is 5.56. The first-order valence-corrected chi connectivity index (χ1v) is 11.0. The highest BCUT2D eigenvalue weighted by Gasteiger charge is 2.25. The second-order valence-electron chi connectivity index (χ2n) is 8.29. The Hall–Kier alpha value is -2.78. The quantitative estimate of drug-likeness (QED) is 0.560. The van der Waals surface area contributed by atoms with Crippen LogP contribution in [0.25, 0.3) is 11.0 Å². The Bertz CT molecular complexity index is 1020. The standard InChI is InChI=1S/C22H32N8O/c1-6-31-10-9-30-20-19(17(5)28-30)26-22(29-12-15(3)24-16(4)13-29)27-21(20)25-18-8-7-14(2)11-23-18/h7-8,11,15-16,24H,6,9-10,12-13H2,1-5H3,(H,23,25,26,27)/t15-,16+. The van der Waals surface area contributed by atoms with E-state index in [1.54, 1.807) is 0 Å². The minimum absolute atomic E-state index is 0.369. The van der Waals surface area contributed by atoms with Gasteiger partial charge in [-0.15, -0.1) is 0 Å². The van der Waals surface area contributed by atoms with Gasteiger partial charge in [0.1, 0.15) is 16.9 Å². The van der Waals surface area contributed by atoms with Crippen molar-refractivity contribution in [3.05, 3.63) is 29.6 Å². The van der Waals surface area contributed by atoms with Crippen LogP contribution in [0.5, 0.6) is 0 Å². The van der Waals surface area contributed by atoms with E-state index in [9.17, 15) is 0 Å². The van der Waals surface area contributed by atoms with Crippen molar-refractivity contribution in [2.24, 2.45) is 0 Å². The first kappa shape index (κ1) is 21.5. The van der Waals surface area contributed by atoms with Crippen molar-refractivity contribution in [3.8, 4) is 0 Å². The summed E-state index contributed by atoms with van der Waals surface area (Å²) in [6, 6.07) is 4.74. The molecule has 4 rings (SSSR count). The number of hydrogen-bond donors (Lipinski definition) is 2. The van der Waals surface area contributed by atoms with Crippen molar-refractivity contribution in [1.82, 2.24) is 30.0 Å². The summed E-state index contributed by atoms with van der Waals surface area (Å²) < 4.78 is 7.49. The number of nitrogens with zero attached hydrogens (tertiary/aromatic N) is 6. The molecule has 0 radical (unpaired) electrons. The molecular weight excluding hydrogens is 392 g/mol. The Morgan fingerprint density at radius 3 is 2.61 bits per heavy atom. The van der Waals surface area contributed by atoms with Gasteiger partial charge < -0.3 is 20.3 Å². The molecule has 0 aromatic carbocycles. The highest BCUT2D eigenvalue weighted by molar-refractivity contribution is 5.90. The van der Waals surface area contributed by atoms with Crippen LogP contribution in [0.1, 0.15) is 32.0 Å². The maximum Gasteiger partial charge on any atom is 0.228 e. The molecule has 2 N–H and O–H groups in total. The fourth-order valence-corrected chi connectivity index (χ4v) is 4.06. The number of fused-ring (bicyclic) bond motifs is 1. The summed E-state index contributed by atoms with van der Waals surface area (Å²) in [7, 11) is 0. The Kier molecular flexibility index (Phi) is 6.33. The molecule has 0 unspecified atom stereocenters. The van der Waals surface area contributed by atoms with Crippen LogP contribution >= 0.6 is 0 Å². The van der Waals surface area contributed by atoms with Gasteiger partial charge in [0.05, 0.1) is 18.8 Å². The summed E-state index contributed by atoms with van der Waals surface area (Å²) in [4.78, 5) is 16.6. The van der Waals surface area contributed by atoms with E-state index < -0.39 is 0 Å². The molecular formula is C22H32N8O. The lowest BCUT2D eigenvalue weighted by atomic mass is 10.1. The lowest BCUT2D eigenvalue weighted by Gasteiger charge is -2.36.